The molecule has 0 saturated carbocycles. The Hall–Kier alpha value is -2.17. The minimum Gasteiger partial charge on any atom is -0.469 e. The molecule has 1 unspecified atom stereocenters. The molecule has 3 rings (SSSR count). The number of carbonyl (C=O) groups is 1. The number of nitrogens with zero attached hydrogens (tertiary/aromatic N) is 3. The van der Waals surface area contributed by atoms with E-state index < -0.39 is 0 Å². The fourth-order valence-electron chi connectivity index (χ4n) is 2.83. The van der Waals surface area contributed by atoms with Crippen molar-refractivity contribution < 1.29 is 9.53 Å². The molecule has 0 N–H and O–H groups in total. The van der Waals surface area contributed by atoms with Gasteiger partial charge in [-0.25, -0.2) is 0 Å². The summed E-state index contributed by atoms with van der Waals surface area (Å²) < 4.78 is 6.95. The molecule has 1 aliphatic heterocycles. The van der Waals surface area contributed by atoms with Crippen LogP contribution in [0.15, 0.2) is 30.3 Å². The van der Waals surface area contributed by atoms with Crippen LogP contribution in [0.3, 0.4) is 0 Å². The summed E-state index contributed by atoms with van der Waals surface area (Å²) in [7, 11) is 1.44. The molecule has 0 bridgehead atoms. The van der Waals surface area contributed by atoms with Gasteiger partial charge in [-0.1, -0.05) is 30.3 Å². The van der Waals surface area contributed by atoms with Crippen LogP contribution in [0, 0.1) is 5.92 Å². The first-order chi connectivity index (χ1) is 10.3. The van der Waals surface area contributed by atoms with E-state index >= 15 is 0 Å². The van der Waals surface area contributed by atoms with Crippen molar-refractivity contribution in [3.63, 3.8) is 0 Å². The van der Waals surface area contributed by atoms with Gasteiger partial charge in [0.25, 0.3) is 0 Å². The number of methoxy groups -OCH3 is 1. The molecule has 1 aromatic heterocycles. The molecule has 2 heterocycles. The molecular formula is C16H19N3O2. The minimum absolute atomic E-state index is 0.0750. The predicted octanol–water partition coefficient (Wildman–Crippen LogP) is 1.80. The van der Waals surface area contributed by atoms with Gasteiger partial charge in [-0.05, 0) is 18.4 Å². The van der Waals surface area contributed by atoms with Crippen molar-refractivity contribution in [2.24, 2.45) is 5.92 Å². The highest BCUT2D eigenvalue weighted by Crippen LogP contribution is 2.21. The SMILES string of the molecule is COC(=O)C1CCc2nnc(CCc3ccccc3)n2C1. The van der Waals surface area contributed by atoms with Crippen molar-refractivity contribution in [1.82, 2.24) is 14.8 Å². The fraction of sp³-hybridized carbons (Fsp3) is 0.438. The van der Waals surface area contributed by atoms with E-state index in [0.29, 0.717) is 6.54 Å². The molecule has 1 aromatic carbocycles. The van der Waals surface area contributed by atoms with Gasteiger partial charge in [0.2, 0.25) is 0 Å². The Morgan fingerprint density at radius 2 is 2.10 bits per heavy atom. The molecule has 0 aliphatic carbocycles. The van der Waals surface area contributed by atoms with Crippen molar-refractivity contribution in [1.29, 1.82) is 0 Å². The Balaban J connectivity index is 1.71. The lowest BCUT2D eigenvalue weighted by atomic mass is 9.99. The Kier molecular flexibility index (Phi) is 3.99. The number of fused-ring (bicyclic) bond motifs is 1. The van der Waals surface area contributed by atoms with Gasteiger partial charge >= 0.3 is 5.97 Å². The molecule has 2 aromatic rings. The average molecular weight is 285 g/mol. The highest BCUT2D eigenvalue weighted by atomic mass is 16.5. The van der Waals surface area contributed by atoms with E-state index in [9.17, 15) is 4.79 Å². The number of hydrogen-bond donors (Lipinski definition) is 0. The quantitative estimate of drug-likeness (QED) is 0.804. The largest absolute Gasteiger partial charge is 0.469 e. The normalized spacial score (nSPS) is 17.3. The second-order valence-corrected chi connectivity index (χ2v) is 5.39. The van der Waals surface area contributed by atoms with Gasteiger partial charge in [0, 0.05) is 19.4 Å². The first-order valence-corrected chi connectivity index (χ1v) is 7.30. The third kappa shape index (κ3) is 2.96. The average Bonchev–Trinajstić information content (AvgIpc) is 2.95. The number of benzene rings is 1. The third-order valence-corrected chi connectivity index (χ3v) is 4.04. The number of rotatable bonds is 4. The highest BCUT2D eigenvalue weighted by Gasteiger charge is 2.28. The molecule has 1 aliphatic rings. The molecule has 0 fully saturated rings. The van der Waals surface area contributed by atoms with Gasteiger partial charge in [-0.3, -0.25) is 4.79 Å². The molecule has 5 nitrogen and oxygen atoms in total. The highest BCUT2D eigenvalue weighted by molar-refractivity contribution is 5.72. The van der Waals surface area contributed by atoms with Gasteiger partial charge in [0.15, 0.2) is 0 Å². The van der Waals surface area contributed by atoms with E-state index in [1.54, 1.807) is 0 Å². The van der Waals surface area contributed by atoms with Crippen LogP contribution in [0.5, 0.6) is 0 Å². The van der Waals surface area contributed by atoms with Crippen LogP contribution in [0.1, 0.15) is 23.6 Å². The first-order valence-electron chi connectivity index (χ1n) is 7.30. The van der Waals surface area contributed by atoms with Crippen LogP contribution in [0.25, 0.3) is 0 Å². The zero-order valence-corrected chi connectivity index (χ0v) is 12.2. The molecule has 0 spiro atoms. The van der Waals surface area contributed by atoms with Crippen LogP contribution in [-0.2, 0) is 35.3 Å². The lowest BCUT2D eigenvalue weighted by molar-refractivity contribution is -0.146. The zero-order chi connectivity index (χ0) is 14.7. The Morgan fingerprint density at radius 1 is 1.29 bits per heavy atom. The van der Waals surface area contributed by atoms with Gasteiger partial charge in [0.05, 0.1) is 13.0 Å². The summed E-state index contributed by atoms with van der Waals surface area (Å²) in [6, 6.07) is 10.3. The first kappa shape index (κ1) is 13.8. The van der Waals surface area contributed by atoms with E-state index in [0.717, 1.165) is 37.3 Å². The monoisotopic (exact) mass is 285 g/mol. The molecule has 110 valence electrons. The maximum atomic E-state index is 11.7. The molecule has 0 radical (unpaired) electrons. The third-order valence-electron chi connectivity index (χ3n) is 4.04. The van der Waals surface area contributed by atoms with Crippen molar-refractivity contribution in [2.75, 3.05) is 7.11 Å². The predicted molar refractivity (Wildman–Crippen MR) is 77.7 cm³/mol. The Morgan fingerprint density at radius 3 is 2.86 bits per heavy atom. The Labute approximate surface area is 124 Å². The second kappa shape index (κ2) is 6.08. The smallest absolute Gasteiger partial charge is 0.310 e. The topological polar surface area (TPSA) is 57.0 Å². The summed E-state index contributed by atoms with van der Waals surface area (Å²) in [5.74, 6) is 1.73. The summed E-state index contributed by atoms with van der Waals surface area (Å²) in [4.78, 5) is 11.7. The van der Waals surface area contributed by atoms with E-state index in [-0.39, 0.29) is 11.9 Å². The summed E-state index contributed by atoms with van der Waals surface area (Å²) >= 11 is 0. The van der Waals surface area contributed by atoms with E-state index in [1.807, 2.05) is 18.2 Å². The zero-order valence-electron chi connectivity index (χ0n) is 12.2. The molecule has 21 heavy (non-hydrogen) atoms. The van der Waals surface area contributed by atoms with Crippen molar-refractivity contribution in [3.05, 3.63) is 47.5 Å². The van der Waals surface area contributed by atoms with Crippen LogP contribution >= 0.6 is 0 Å². The Bertz CT molecular complexity index is 622. The maximum Gasteiger partial charge on any atom is 0.310 e. The number of aromatic nitrogens is 3. The van der Waals surface area contributed by atoms with E-state index in [4.69, 9.17) is 4.74 Å². The van der Waals surface area contributed by atoms with Crippen LogP contribution < -0.4 is 0 Å². The maximum absolute atomic E-state index is 11.7. The summed E-state index contributed by atoms with van der Waals surface area (Å²) in [6.07, 6.45) is 3.36. The van der Waals surface area contributed by atoms with Gasteiger partial charge in [-0.2, -0.15) is 0 Å². The fourth-order valence-corrected chi connectivity index (χ4v) is 2.83. The standard InChI is InChI=1S/C16H19N3O2/c1-21-16(20)13-8-10-15-18-17-14(19(15)11-13)9-7-12-5-3-2-4-6-12/h2-6,13H,7-11H2,1H3. The molecule has 0 amide bonds. The van der Waals surface area contributed by atoms with Crippen molar-refractivity contribution in [2.45, 2.75) is 32.2 Å². The van der Waals surface area contributed by atoms with Crippen molar-refractivity contribution >= 4 is 5.97 Å². The molecule has 0 saturated heterocycles. The van der Waals surface area contributed by atoms with Gasteiger partial charge in [-0.15, -0.1) is 10.2 Å². The lowest BCUT2D eigenvalue weighted by Crippen LogP contribution is -2.28. The second-order valence-electron chi connectivity index (χ2n) is 5.39. The van der Waals surface area contributed by atoms with Gasteiger partial charge in [0.1, 0.15) is 11.6 Å². The summed E-state index contributed by atoms with van der Waals surface area (Å²) in [6.45, 7) is 0.638. The summed E-state index contributed by atoms with van der Waals surface area (Å²) in [5.41, 5.74) is 1.29. The number of ether oxygens (including phenoxy) is 1. The number of hydrogen-bond acceptors (Lipinski definition) is 4. The van der Waals surface area contributed by atoms with Crippen LogP contribution in [0.2, 0.25) is 0 Å². The lowest BCUT2D eigenvalue weighted by Gasteiger charge is -2.22. The number of aryl methyl sites for hydroxylation is 3. The molecular weight excluding hydrogens is 266 g/mol. The number of carbonyl (C=O) groups excluding carboxylic acids is 1. The molecule has 5 heteroatoms. The van der Waals surface area contributed by atoms with Crippen LogP contribution in [0.4, 0.5) is 0 Å². The summed E-state index contributed by atoms with van der Waals surface area (Å²) in [5, 5.41) is 8.54. The van der Waals surface area contributed by atoms with Crippen molar-refractivity contribution in [3.8, 4) is 0 Å². The van der Waals surface area contributed by atoms with Crippen LogP contribution in [-0.4, -0.2) is 27.8 Å². The van der Waals surface area contributed by atoms with Gasteiger partial charge < -0.3 is 9.30 Å². The van der Waals surface area contributed by atoms with E-state index in [1.165, 1.54) is 12.7 Å². The minimum atomic E-state index is -0.136. The van der Waals surface area contributed by atoms with E-state index in [2.05, 4.69) is 26.9 Å². The number of esters is 1. The molecule has 1 atom stereocenters.